The molecule has 2 nitrogen and oxygen atoms in total. The molecule has 0 aromatic heterocycles. The van der Waals surface area contributed by atoms with Crippen molar-refractivity contribution in [1.82, 2.24) is 0 Å². The van der Waals surface area contributed by atoms with Crippen LogP contribution in [0.3, 0.4) is 0 Å². The molecular weight excluding hydrogens is 205 g/mol. The van der Waals surface area contributed by atoms with Crippen LogP contribution in [0.5, 0.6) is 0 Å². The van der Waals surface area contributed by atoms with Gasteiger partial charge in [0, 0.05) is 5.02 Å². The molecule has 4 heteroatoms. The minimum Gasteiger partial charge on any atom is -0.388 e. The van der Waals surface area contributed by atoms with E-state index in [0.29, 0.717) is 12.1 Å². The smallest absolute Gasteiger partial charge is 0.124 e. The fourth-order valence-electron chi connectivity index (χ4n) is 1.18. The molecule has 0 amide bonds. The molecule has 2 atom stereocenters. The van der Waals surface area contributed by atoms with E-state index in [-0.39, 0.29) is 10.9 Å². The predicted molar refractivity (Wildman–Crippen MR) is 54.6 cm³/mol. The van der Waals surface area contributed by atoms with Gasteiger partial charge < -0.3 is 10.8 Å². The highest BCUT2D eigenvalue weighted by Gasteiger charge is 2.17. The summed E-state index contributed by atoms with van der Waals surface area (Å²) >= 11 is 5.78. The van der Waals surface area contributed by atoms with Gasteiger partial charge in [-0.1, -0.05) is 24.6 Å². The Kier molecular flexibility index (Phi) is 3.86. The van der Waals surface area contributed by atoms with Crippen LogP contribution < -0.4 is 5.73 Å². The van der Waals surface area contributed by atoms with Gasteiger partial charge in [-0.15, -0.1) is 0 Å². The van der Waals surface area contributed by atoms with Gasteiger partial charge in [0.2, 0.25) is 0 Å². The molecule has 78 valence electrons. The Bertz CT molecular complexity index is 319. The van der Waals surface area contributed by atoms with Crippen LogP contribution in [0.15, 0.2) is 18.2 Å². The summed E-state index contributed by atoms with van der Waals surface area (Å²) in [6.45, 7) is 2.17. The summed E-state index contributed by atoms with van der Waals surface area (Å²) in [5, 5.41) is 10.0. The number of nitrogens with two attached hydrogens (primary N) is 1. The largest absolute Gasteiger partial charge is 0.388 e. The summed E-state index contributed by atoms with van der Waals surface area (Å²) in [5.74, 6) is -0.510. The van der Waals surface area contributed by atoms with Crippen LogP contribution in [0.1, 0.15) is 18.6 Å². The van der Waals surface area contributed by atoms with Crippen LogP contribution in [0.25, 0.3) is 0 Å². The molecule has 0 aliphatic carbocycles. The standard InChI is InChI=1S/C10H13ClFNO/c1-6(5-13)10(14)8-3-2-7(12)4-9(8)11/h2-4,6,10,14H,5,13H2,1H3. The Hall–Kier alpha value is -0.640. The first-order valence-electron chi connectivity index (χ1n) is 4.39. The third kappa shape index (κ3) is 2.44. The summed E-state index contributed by atoms with van der Waals surface area (Å²) in [7, 11) is 0. The molecule has 0 aliphatic heterocycles. The maximum absolute atomic E-state index is 12.7. The Balaban J connectivity index is 2.95. The van der Waals surface area contributed by atoms with Gasteiger partial charge in [0.1, 0.15) is 5.82 Å². The number of hydrogen-bond acceptors (Lipinski definition) is 2. The number of aliphatic hydroxyl groups excluding tert-OH is 1. The molecule has 0 saturated carbocycles. The van der Waals surface area contributed by atoms with Crippen molar-refractivity contribution in [3.8, 4) is 0 Å². The lowest BCUT2D eigenvalue weighted by Crippen LogP contribution is -2.19. The molecule has 0 aliphatic rings. The van der Waals surface area contributed by atoms with E-state index in [1.54, 1.807) is 0 Å². The zero-order valence-corrected chi connectivity index (χ0v) is 8.63. The van der Waals surface area contributed by atoms with Gasteiger partial charge in [0.15, 0.2) is 0 Å². The van der Waals surface area contributed by atoms with Crippen molar-refractivity contribution in [2.75, 3.05) is 6.54 Å². The third-order valence-corrected chi connectivity index (χ3v) is 2.52. The Morgan fingerprint density at radius 1 is 1.57 bits per heavy atom. The highest BCUT2D eigenvalue weighted by atomic mass is 35.5. The highest BCUT2D eigenvalue weighted by Crippen LogP contribution is 2.28. The van der Waals surface area contributed by atoms with E-state index in [2.05, 4.69) is 0 Å². The molecule has 0 radical (unpaired) electrons. The van der Waals surface area contributed by atoms with Gasteiger partial charge in [-0.2, -0.15) is 0 Å². The second-order valence-electron chi connectivity index (χ2n) is 3.32. The van der Waals surface area contributed by atoms with Gasteiger partial charge >= 0.3 is 0 Å². The molecule has 2 unspecified atom stereocenters. The summed E-state index contributed by atoms with van der Waals surface area (Å²) in [5.41, 5.74) is 5.93. The number of benzene rings is 1. The Morgan fingerprint density at radius 2 is 2.21 bits per heavy atom. The van der Waals surface area contributed by atoms with Gasteiger partial charge in [-0.3, -0.25) is 0 Å². The first-order valence-corrected chi connectivity index (χ1v) is 4.77. The molecular formula is C10H13ClFNO. The first kappa shape index (κ1) is 11.4. The van der Waals surface area contributed by atoms with Gasteiger partial charge in [0.05, 0.1) is 6.10 Å². The van der Waals surface area contributed by atoms with E-state index in [4.69, 9.17) is 17.3 Å². The molecule has 1 aromatic carbocycles. The average Bonchev–Trinajstić information content (AvgIpc) is 2.15. The van der Waals surface area contributed by atoms with Crippen LogP contribution in [-0.2, 0) is 0 Å². The fourth-order valence-corrected chi connectivity index (χ4v) is 1.46. The second kappa shape index (κ2) is 4.73. The fraction of sp³-hybridized carbons (Fsp3) is 0.400. The van der Waals surface area contributed by atoms with E-state index in [1.807, 2.05) is 6.92 Å². The van der Waals surface area contributed by atoms with Crippen molar-refractivity contribution in [3.05, 3.63) is 34.6 Å². The molecule has 0 fully saturated rings. The topological polar surface area (TPSA) is 46.2 Å². The van der Waals surface area contributed by atoms with Crippen molar-refractivity contribution >= 4 is 11.6 Å². The zero-order valence-electron chi connectivity index (χ0n) is 7.87. The van der Waals surface area contributed by atoms with Gasteiger partial charge in [-0.05, 0) is 30.2 Å². The quantitative estimate of drug-likeness (QED) is 0.815. The van der Waals surface area contributed by atoms with Gasteiger partial charge in [0.25, 0.3) is 0 Å². The molecule has 0 saturated heterocycles. The number of halogens is 2. The van der Waals surface area contributed by atoms with Crippen molar-refractivity contribution in [1.29, 1.82) is 0 Å². The van der Waals surface area contributed by atoms with E-state index >= 15 is 0 Å². The first-order chi connectivity index (χ1) is 6.56. The lowest BCUT2D eigenvalue weighted by atomic mass is 9.97. The summed E-state index contributed by atoms with van der Waals surface area (Å²) in [6.07, 6.45) is -0.743. The maximum Gasteiger partial charge on any atom is 0.124 e. The summed E-state index contributed by atoms with van der Waals surface area (Å²) < 4.78 is 12.7. The number of hydrogen-bond donors (Lipinski definition) is 2. The Labute approximate surface area is 87.5 Å². The van der Waals surface area contributed by atoms with Crippen molar-refractivity contribution in [2.45, 2.75) is 13.0 Å². The minimum absolute atomic E-state index is 0.0991. The lowest BCUT2D eigenvalue weighted by molar-refractivity contribution is 0.122. The minimum atomic E-state index is -0.743. The SMILES string of the molecule is CC(CN)C(O)c1ccc(F)cc1Cl. The van der Waals surface area contributed by atoms with Crippen LogP contribution in [0, 0.1) is 11.7 Å². The lowest BCUT2D eigenvalue weighted by Gasteiger charge is -2.18. The number of rotatable bonds is 3. The zero-order chi connectivity index (χ0) is 10.7. The molecule has 3 N–H and O–H groups in total. The normalized spacial score (nSPS) is 15.2. The van der Waals surface area contributed by atoms with E-state index in [0.717, 1.165) is 0 Å². The summed E-state index contributed by atoms with van der Waals surface area (Å²) in [6, 6.07) is 3.94. The number of aliphatic hydroxyl groups is 1. The van der Waals surface area contributed by atoms with Crippen LogP contribution in [0.2, 0.25) is 5.02 Å². The average molecular weight is 218 g/mol. The second-order valence-corrected chi connectivity index (χ2v) is 3.73. The van der Waals surface area contributed by atoms with Crippen molar-refractivity contribution in [2.24, 2.45) is 11.7 Å². The van der Waals surface area contributed by atoms with E-state index in [1.165, 1.54) is 18.2 Å². The Morgan fingerprint density at radius 3 is 2.71 bits per heavy atom. The van der Waals surface area contributed by atoms with Gasteiger partial charge in [-0.25, -0.2) is 4.39 Å². The highest BCUT2D eigenvalue weighted by molar-refractivity contribution is 6.31. The van der Waals surface area contributed by atoms with Crippen molar-refractivity contribution < 1.29 is 9.50 Å². The molecule has 0 bridgehead atoms. The third-order valence-electron chi connectivity index (χ3n) is 2.19. The predicted octanol–water partition coefficient (Wildman–Crippen LogP) is 2.11. The molecule has 14 heavy (non-hydrogen) atoms. The van der Waals surface area contributed by atoms with E-state index in [9.17, 15) is 9.50 Å². The molecule has 1 aromatic rings. The van der Waals surface area contributed by atoms with Crippen LogP contribution >= 0.6 is 11.6 Å². The summed E-state index contributed by atoms with van der Waals surface area (Å²) in [4.78, 5) is 0. The molecule has 1 rings (SSSR count). The van der Waals surface area contributed by atoms with E-state index < -0.39 is 11.9 Å². The maximum atomic E-state index is 12.7. The van der Waals surface area contributed by atoms with Crippen LogP contribution in [-0.4, -0.2) is 11.7 Å². The molecule has 0 spiro atoms. The monoisotopic (exact) mass is 217 g/mol. The van der Waals surface area contributed by atoms with Crippen molar-refractivity contribution in [3.63, 3.8) is 0 Å². The van der Waals surface area contributed by atoms with Crippen LogP contribution in [0.4, 0.5) is 4.39 Å². The molecule has 0 heterocycles.